The molecule has 4 saturated carbocycles. The highest BCUT2D eigenvalue weighted by Gasteiger charge is 2.60. The van der Waals surface area contributed by atoms with Crippen LogP contribution in [0.15, 0.2) is 22.0 Å². The first-order valence-corrected chi connectivity index (χ1v) is 13.3. The van der Waals surface area contributed by atoms with Crippen molar-refractivity contribution in [3.8, 4) is 10.7 Å². The van der Waals surface area contributed by atoms with E-state index in [2.05, 4.69) is 19.9 Å². The summed E-state index contributed by atoms with van der Waals surface area (Å²) in [6, 6.07) is 4.01. The Kier molecular flexibility index (Phi) is 5.35. The Labute approximate surface area is 198 Å². The van der Waals surface area contributed by atoms with E-state index in [0.29, 0.717) is 29.5 Å². The third-order valence-electron chi connectivity index (χ3n) is 8.18. The lowest BCUT2D eigenvalue weighted by molar-refractivity contribution is -0.157. The standard InChI is InChI=1S/C24H31ClN4O2S/c25-24-14-17-11-18(15-24)13-23(12-17,16-24)22(30)29-8-6-28(7-9-29)5-1-4-20-26-21(27-31-20)19-3-2-10-32-19/h2-3,10,17-18H,1,4-9,11-16H2/t17-,18-,23?,24?/m1/s1. The molecule has 0 aromatic carbocycles. The summed E-state index contributed by atoms with van der Waals surface area (Å²) in [4.78, 5) is 23.7. The molecule has 4 aliphatic carbocycles. The lowest BCUT2D eigenvalue weighted by Gasteiger charge is -2.60. The van der Waals surface area contributed by atoms with Crippen molar-refractivity contribution >= 4 is 28.8 Å². The molecule has 0 radical (unpaired) electrons. The zero-order valence-corrected chi connectivity index (χ0v) is 20.0. The minimum atomic E-state index is -0.160. The van der Waals surface area contributed by atoms with Gasteiger partial charge < -0.3 is 9.42 Å². The summed E-state index contributed by atoms with van der Waals surface area (Å²) in [7, 11) is 0. The summed E-state index contributed by atoms with van der Waals surface area (Å²) in [5, 5.41) is 6.11. The Morgan fingerprint density at radius 2 is 1.97 bits per heavy atom. The molecule has 3 heterocycles. The largest absolute Gasteiger partial charge is 0.340 e. The van der Waals surface area contributed by atoms with Crippen LogP contribution in [0.4, 0.5) is 0 Å². The van der Waals surface area contributed by atoms with E-state index in [1.54, 1.807) is 11.3 Å². The lowest BCUT2D eigenvalue weighted by atomic mass is 9.49. The molecule has 1 aliphatic heterocycles. The van der Waals surface area contributed by atoms with Crippen LogP contribution >= 0.6 is 22.9 Å². The monoisotopic (exact) mass is 474 g/mol. The number of hydrogen-bond acceptors (Lipinski definition) is 6. The van der Waals surface area contributed by atoms with Crippen LogP contribution in [0.3, 0.4) is 0 Å². The van der Waals surface area contributed by atoms with Gasteiger partial charge in [-0.1, -0.05) is 11.2 Å². The van der Waals surface area contributed by atoms with Gasteiger partial charge in [-0.25, -0.2) is 0 Å². The van der Waals surface area contributed by atoms with Crippen molar-refractivity contribution in [3.63, 3.8) is 0 Å². The van der Waals surface area contributed by atoms with Crippen LogP contribution in [-0.2, 0) is 11.2 Å². The molecule has 32 heavy (non-hydrogen) atoms. The number of thiophene rings is 1. The van der Waals surface area contributed by atoms with Gasteiger partial charge in [0, 0.05) is 37.5 Å². The first-order chi connectivity index (χ1) is 15.5. The highest BCUT2D eigenvalue weighted by atomic mass is 35.5. The van der Waals surface area contributed by atoms with Gasteiger partial charge in [0.1, 0.15) is 0 Å². The number of nitrogens with zero attached hydrogens (tertiary/aromatic N) is 4. The van der Waals surface area contributed by atoms with Gasteiger partial charge in [-0.15, -0.1) is 22.9 Å². The second kappa shape index (κ2) is 8.10. The SMILES string of the molecule is O=C(N1CCN(CCCc2nc(-c3cccs3)no2)CC1)C12C[C@H]3C[C@@H](CC(Cl)(C3)C1)C2. The Hall–Kier alpha value is -1.44. The number of hydrogen-bond donors (Lipinski definition) is 0. The summed E-state index contributed by atoms with van der Waals surface area (Å²) in [6.45, 7) is 4.58. The van der Waals surface area contributed by atoms with Crippen LogP contribution in [0, 0.1) is 17.3 Å². The maximum atomic E-state index is 13.6. The minimum Gasteiger partial charge on any atom is -0.340 e. The average Bonchev–Trinajstić information content (AvgIpc) is 3.44. The van der Waals surface area contributed by atoms with E-state index in [4.69, 9.17) is 16.1 Å². The van der Waals surface area contributed by atoms with Crippen LogP contribution in [0.25, 0.3) is 10.7 Å². The fraction of sp³-hybridized carbons (Fsp3) is 0.708. The summed E-state index contributed by atoms with van der Waals surface area (Å²) in [6.07, 6.45) is 8.40. The third kappa shape index (κ3) is 3.90. The summed E-state index contributed by atoms with van der Waals surface area (Å²) < 4.78 is 5.41. The van der Waals surface area contributed by atoms with Crippen molar-refractivity contribution in [3.05, 3.63) is 23.4 Å². The predicted molar refractivity (Wildman–Crippen MR) is 125 cm³/mol. The fourth-order valence-electron chi connectivity index (χ4n) is 7.23. The smallest absolute Gasteiger partial charge is 0.228 e. The Morgan fingerprint density at radius 1 is 1.19 bits per heavy atom. The van der Waals surface area contributed by atoms with Crippen molar-refractivity contribution in [2.75, 3.05) is 32.7 Å². The molecule has 5 fully saturated rings. The Balaban J connectivity index is 0.989. The predicted octanol–water partition coefficient (Wildman–Crippen LogP) is 4.45. The number of halogens is 1. The van der Waals surface area contributed by atoms with Crippen molar-refractivity contribution < 1.29 is 9.32 Å². The van der Waals surface area contributed by atoms with Crippen LogP contribution < -0.4 is 0 Å². The molecule has 1 amide bonds. The van der Waals surface area contributed by atoms with Gasteiger partial charge in [0.25, 0.3) is 0 Å². The number of alkyl halides is 1. The highest BCUT2D eigenvalue weighted by molar-refractivity contribution is 7.13. The lowest BCUT2D eigenvalue weighted by Crippen LogP contribution is -2.61. The first kappa shape index (κ1) is 21.1. The van der Waals surface area contributed by atoms with Crippen molar-refractivity contribution in [2.24, 2.45) is 17.3 Å². The summed E-state index contributed by atoms with van der Waals surface area (Å²) in [5.74, 6) is 3.14. The molecule has 6 nitrogen and oxygen atoms in total. The molecule has 0 unspecified atom stereocenters. The Morgan fingerprint density at radius 3 is 2.66 bits per heavy atom. The average molecular weight is 475 g/mol. The topological polar surface area (TPSA) is 62.5 Å². The van der Waals surface area contributed by atoms with Crippen molar-refractivity contribution in [2.45, 2.75) is 56.2 Å². The van der Waals surface area contributed by atoms with E-state index in [0.717, 1.165) is 82.5 Å². The van der Waals surface area contributed by atoms with Crippen LogP contribution in [-0.4, -0.2) is 63.4 Å². The fourth-order valence-corrected chi connectivity index (χ4v) is 8.57. The van der Waals surface area contributed by atoms with Crippen LogP contribution in [0.1, 0.15) is 50.8 Å². The molecule has 2 aromatic rings. The molecule has 7 rings (SSSR count). The molecular formula is C24H31ClN4O2S. The third-order valence-corrected chi connectivity index (χ3v) is 9.49. The molecule has 172 valence electrons. The molecule has 5 aliphatic rings. The normalized spacial score (nSPS) is 34.3. The highest BCUT2D eigenvalue weighted by Crippen LogP contribution is 2.64. The molecule has 0 N–H and O–H groups in total. The zero-order valence-electron chi connectivity index (χ0n) is 18.5. The first-order valence-electron chi connectivity index (χ1n) is 12.1. The van der Waals surface area contributed by atoms with Gasteiger partial charge in [-0.3, -0.25) is 9.69 Å². The molecular weight excluding hydrogens is 444 g/mol. The van der Waals surface area contributed by atoms with E-state index in [9.17, 15) is 4.79 Å². The second-order valence-corrected chi connectivity index (χ2v) is 12.4. The molecule has 2 aromatic heterocycles. The number of piperazine rings is 1. The quantitative estimate of drug-likeness (QED) is 0.578. The molecule has 0 spiro atoms. The Bertz CT molecular complexity index is 955. The maximum Gasteiger partial charge on any atom is 0.228 e. The van der Waals surface area contributed by atoms with E-state index in [1.165, 1.54) is 6.42 Å². The number of aryl methyl sites for hydroxylation is 1. The van der Waals surface area contributed by atoms with Crippen molar-refractivity contribution in [1.29, 1.82) is 0 Å². The van der Waals surface area contributed by atoms with E-state index in [-0.39, 0.29) is 10.3 Å². The van der Waals surface area contributed by atoms with Gasteiger partial charge in [0.15, 0.2) is 0 Å². The molecule has 4 bridgehead atoms. The van der Waals surface area contributed by atoms with E-state index in [1.807, 2.05) is 17.5 Å². The van der Waals surface area contributed by atoms with Gasteiger partial charge >= 0.3 is 0 Å². The molecule has 8 heteroatoms. The van der Waals surface area contributed by atoms with Crippen molar-refractivity contribution in [1.82, 2.24) is 19.9 Å². The van der Waals surface area contributed by atoms with E-state index >= 15 is 0 Å². The second-order valence-electron chi connectivity index (χ2n) is 10.6. The maximum absolute atomic E-state index is 13.6. The number of aromatic nitrogens is 2. The molecule has 1 saturated heterocycles. The van der Waals surface area contributed by atoms with Crippen LogP contribution in [0.5, 0.6) is 0 Å². The van der Waals surface area contributed by atoms with Gasteiger partial charge in [-0.2, -0.15) is 4.98 Å². The zero-order chi connectivity index (χ0) is 21.8. The summed E-state index contributed by atoms with van der Waals surface area (Å²) in [5.41, 5.74) is -0.160. The van der Waals surface area contributed by atoms with E-state index < -0.39 is 0 Å². The number of amides is 1. The van der Waals surface area contributed by atoms with Gasteiger partial charge in [0.05, 0.1) is 10.3 Å². The van der Waals surface area contributed by atoms with Gasteiger partial charge in [-0.05, 0) is 74.8 Å². The summed E-state index contributed by atoms with van der Waals surface area (Å²) >= 11 is 8.59. The minimum absolute atomic E-state index is 0.0975. The van der Waals surface area contributed by atoms with Gasteiger partial charge in [0.2, 0.25) is 17.6 Å². The number of rotatable bonds is 6. The van der Waals surface area contributed by atoms with Crippen LogP contribution in [0.2, 0.25) is 0 Å². The molecule has 2 atom stereocenters. The number of carbonyl (C=O) groups excluding carboxylic acids is 1. The number of carbonyl (C=O) groups is 1.